The summed E-state index contributed by atoms with van der Waals surface area (Å²) in [6, 6.07) is 7.69. The number of benzene rings is 1. The summed E-state index contributed by atoms with van der Waals surface area (Å²) < 4.78 is 5.36. The van der Waals surface area contributed by atoms with Crippen molar-refractivity contribution in [2.45, 2.75) is 13.0 Å². The number of tetrazole rings is 1. The first-order chi connectivity index (χ1) is 9.79. The molecule has 3 rings (SSSR count). The summed E-state index contributed by atoms with van der Waals surface area (Å²) in [6.45, 7) is 1.95. The summed E-state index contributed by atoms with van der Waals surface area (Å²) in [4.78, 5) is 4.38. The molecule has 1 aromatic carbocycles. The third kappa shape index (κ3) is 2.13. The standard InChI is InChI=1S/C13H14N6O/c1-8(12-16-18-19-17-12)15-13-10-4-3-5-11(20-2)9(10)6-7-14-13/h3-8H,1-2H3,(H,14,15)(H,16,17,18,19). The molecule has 1 atom stereocenters. The molecule has 0 amide bonds. The highest BCUT2D eigenvalue weighted by Gasteiger charge is 2.13. The highest BCUT2D eigenvalue weighted by Crippen LogP contribution is 2.30. The number of fused-ring (bicyclic) bond motifs is 1. The smallest absolute Gasteiger partial charge is 0.196 e. The van der Waals surface area contributed by atoms with Gasteiger partial charge in [-0.1, -0.05) is 17.3 Å². The molecule has 0 saturated carbocycles. The van der Waals surface area contributed by atoms with Crippen LogP contribution in [0.25, 0.3) is 10.8 Å². The van der Waals surface area contributed by atoms with E-state index in [1.165, 1.54) is 0 Å². The Bertz CT molecular complexity index is 712. The second-order valence-electron chi connectivity index (χ2n) is 4.35. The van der Waals surface area contributed by atoms with Gasteiger partial charge in [-0.05, 0) is 19.1 Å². The number of rotatable bonds is 4. The number of aromatic amines is 1. The van der Waals surface area contributed by atoms with Gasteiger partial charge < -0.3 is 10.1 Å². The molecule has 0 aliphatic rings. The van der Waals surface area contributed by atoms with Crippen LogP contribution in [0.3, 0.4) is 0 Å². The van der Waals surface area contributed by atoms with Gasteiger partial charge in [-0.2, -0.15) is 5.21 Å². The van der Waals surface area contributed by atoms with Crippen molar-refractivity contribution in [3.8, 4) is 5.75 Å². The van der Waals surface area contributed by atoms with Crippen molar-refractivity contribution in [2.75, 3.05) is 12.4 Å². The first-order valence-electron chi connectivity index (χ1n) is 6.21. The lowest BCUT2D eigenvalue weighted by Gasteiger charge is -2.13. The van der Waals surface area contributed by atoms with Crippen LogP contribution < -0.4 is 10.1 Å². The predicted octanol–water partition coefficient (Wildman–Crippen LogP) is 1.93. The lowest BCUT2D eigenvalue weighted by Crippen LogP contribution is -2.10. The largest absolute Gasteiger partial charge is 0.496 e. The monoisotopic (exact) mass is 270 g/mol. The van der Waals surface area contributed by atoms with E-state index in [4.69, 9.17) is 4.74 Å². The van der Waals surface area contributed by atoms with Gasteiger partial charge in [0.05, 0.1) is 13.2 Å². The van der Waals surface area contributed by atoms with Crippen LogP contribution in [-0.2, 0) is 0 Å². The lowest BCUT2D eigenvalue weighted by atomic mass is 10.1. The third-order valence-corrected chi connectivity index (χ3v) is 3.09. The zero-order chi connectivity index (χ0) is 13.9. The maximum atomic E-state index is 5.36. The minimum absolute atomic E-state index is 0.0990. The van der Waals surface area contributed by atoms with Gasteiger partial charge in [-0.15, -0.1) is 10.2 Å². The summed E-state index contributed by atoms with van der Waals surface area (Å²) in [6.07, 6.45) is 1.75. The first-order valence-corrected chi connectivity index (χ1v) is 6.21. The van der Waals surface area contributed by atoms with Crippen LogP contribution in [0.5, 0.6) is 5.75 Å². The number of pyridine rings is 1. The van der Waals surface area contributed by atoms with Crippen LogP contribution in [0.15, 0.2) is 30.5 Å². The fourth-order valence-corrected chi connectivity index (χ4v) is 2.09. The molecular formula is C13H14N6O. The van der Waals surface area contributed by atoms with Crippen LogP contribution in [0, 0.1) is 0 Å². The maximum absolute atomic E-state index is 5.36. The van der Waals surface area contributed by atoms with E-state index in [0.29, 0.717) is 5.82 Å². The lowest BCUT2D eigenvalue weighted by molar-refractivity contribution is 0.420. The normalized spacial score (nSPS) is 12.3. The number of aromatic nitrogens is 5. The van der Waals surface area contributed by atoms with Crippen LogP contribution in [0.2, 0.25) is 0 Å². The fraction of sp³-hybridized carbons (Fsp3) is 0.231. The minimum Gasteiger partial charge on any atom is -0.496 e. The van der Waals surface area contributed by atoms with Gasteiger partial charge >= 0.3 is 0 Å². The van der Waals surface area contributed by atoms with E-state index in [2.05, 4.69) is 30.9 Å². The van der Waals surface area contributed by atoms with Crippen molar-refractivity contribution < 1.29 is 4.74 Å². The number of H-pyrrole nitrogens is 1. The second kappa shape index (κ2) is 5.12. The van der Waals surface area contributed by atoms with Gasteiger partial charge in [0.2, 0.25) is 0 Å². The summed E-state index contributed by atoms with van der Waals surface area (Å²) >= 11 is 0. The molecule has 2 aromatic heterocycles. The zero-order valence-electron chi connectivity index (χ0n) is 11.2. The van der Waals surface area contributed by atoms with Gasteiger partial charge in [-0.3, -0.25) is 0 Å². The Labute approximate surface area is 115 Å². The van der Waals surface area contributed by atoms with E-state index < -0.39 is 0 Å². The number of nitrogens with one attached hydrogen (secondary N) is 2. The molecule has 7 nitrogen and oxygen atoms in total. The molecule has 102 valence electrons. The zero-order valence-corrected chi connectivity index (χ0v) is 11.2. The SMILES string of the molecule is COc1cccc2c(NC(C)c3nn[nH]n3)nccc12. The quantitative estimate of drug-likeness (QED) is 0.753. The van der Waals surface area contributed by atoms with E-state index in [0.717, 1.165) is 22.3 Å². The number of methoxy groups -OCH3 is 1. The molecular weight excluding hydrogens is 256 g/mol. The van der Waals surface area contributed by atoms with E-state index in [-0.39, 0.29) is 6.04 Å². The molecule has 0 bridgehead atoms. The highest BCUT2D eigenvalue weighted by molar-refractivity contribution is 5.95. The highest BCUT2D eigenvalue weighted by atomic mass is 16.5. The Morgan fingerprint density at radius 2 is 2.15 bits per heavy atom. The van der Waals surface area contributed by atoms with Gasteiger partial charge in [0, 0.05) is 17.0 Å². The molecule has 2 N–H and O–H groups in total. The van der Waals surface area contributed by atoms with Crippen LogP contribution in [0.1, 0.15) is 18.8 Å². The third-order valence-electron chi connectivity index (χ3n) is 3.09. The van der Waals surface area contributed by atoms with Crippen LogP contribution in [-0.4, -0.2) is 32.7 Å². The minimum atomic E-state index is -0.0990. The Kier molecular flexibility index (Phi) is 3.16. The average Bonchev–Trinajstić information content (AvgIpc) is 3.01. The van der Waals surface area contributed by atoms with Gasteiger partial charge in [-0.25, -0.2) is 4.98 Å². The Balaban J connectivity index is 2.00. The molecule has 2 heterocycles. The summed E-state index contributed by atoms with van der Waals surface area (Å²) in [5, 5.41) is 19.2. The molecule has 1 unspecified atom stereocenters. The molecule has 0 spiro atoms. The van der Waals surface area contributed by atoms with Crippen molar-refractivity contribution in [2.24, 2.45) is 0 Å². The van der Waals surface area contributed by atoms with E-state index >= 15 is 0 Å². The number of hydrogen-bond donors (Lipinski definition) is 2. The topological polar surface area (TPSA) is 88.6 Å². The van der Waals surface area contributed by atoms with Crippen molar-refractivity contribution in [3.63, 3.8) is 0 Å². The van der Waals surface area contributed by atoms with Crippen LogP contribution >= 0.6 is 0 Å². The van der Waals surface area contributed by atoms with Gasteiger partial charge in [0.1, 0.15) is 11.6 Å². The van der Waals surface area contributed by atoms with Crippen LogP contribution in [0.4, 0.5) is 5.82 Å². The second-order valence-corrected chi connectivity index (χ2v) is 4.35. The van der Waals surface area contributed by atoms with E-state index in [9.17, 15) is 0 Å². The molecule has 0 radical (unpaired) electrons. The van der Waals surface area contributed by atoms with Gasteiger partial charge in [0.15, 0.2) is 5.82 Å². The van der Waals surface area contributed by atoms with Gasteiger partial charge in [0.25, 0.3) is 0 Å². The Morgan fingerprint density at radius 1 is 1.25 bits per heavy atom. The summed E-state index contributed by atoms with van der Waals surface area (Å²) in [5.74, 6) is 2.17. The van der Waals surface area contributed by atoms with E-state index in [1.807, 2.05) is 31.2 Å². The predicted molar refractivity (Wildman–Crippen MR) is 74.5 cm³/mol. The summed E-state index contributed by atoms with van der Waals surface area (Å²) in [5.41, 5.74) is 0. The number of anilines is 1. The molecule has 20 heavy (non-hydrogen) atoms. The molecule has 0 fully saturated rings. The van der Waals surface area contributed by atoms with Crippen molar-refractivity contribution in [1.29, 1.82) is 0 Å². The molecule has 7 heteroatoms. The summed E-state index contributed by atoms with van der Waals surface area (Å²) in [7, 11) is 1.66. The number of ether oxygens (including phenoxy) is 1. The van der Waals surface area contributed by atoms with Crippen molar-refractivity contribution in [1.82, 2.24) is 25.6 Å². The molecule has 0 saturated heterocycles. The number of hydrogen-bond acceptors (Lipinski definition) is 6. The maximum Gasteiger partial charge on any atom is 0.196 e. The molecule has 3 aromatic rings. The first kappa shape index (κ1) is 12.3. The van der Waals surface area contributed by atoms with Crippen molar-refractivity contribution in [3.05, 3.63) is 36.3 Å². The fourth-order valence-electron chi connectivity index (χ4n) is 2.09. The molecule has 0 aliphatic carbocycles. The average molecular weight is 270 g/mol. The Morgan fingerprint density at radius 3 is 2.90 bits per heavy atom. The van der Waals surface area contributed by atoms with E-state index in [1.54, 1.807) is 13.3 Å². The number of nitrogens with zero attached hydrogens (tertiary/aromatic N) is 4. The Hall–Kier alpha value is -2.70. The van der Waals surface area contributed by atoms with Crippen molar-refractivity contribution >= 4 is 16.6 Å². The molecule has 0 aliphatic heterocycles.